The highest BCUT2D eigenvalue weighted by molar-refractivity contribution is 5.90. The number of ether oxygens (including phenoxy) is 2. The van der Waals surface area contributed by atoms with E-state index in [2.05, 4.69) is 31.3 Å². The lowest BCUT2D eigenvalue weighted by Gasteiger charge is -2.43. The van der Waals surface area contributed by atoms with Gasteiger partial charge in [0.05, 0.1) is 26.7 Å². The molecule has 0 radical (unpaired) electrons. The quantitative estimate of drug-likeness (QED) is 0.476. The smallest absolute Gasteiger partial charge is 0.322 e. The summed E-state index contributed by atoms with van der Waals surface area (Å²) in [5.41, 5.74) is 3.84. The molecule has 0 aromatic heterocycles. The number of amides is 3. The minimum absolute atomic E-state index is 0.0365. The molecular weight excluding hydrogens is 466 g/mol. The van der Waals surface area contributed by atoms with E-state index in [-0.39, 0.29) is 30.3 Å². The Labute approximate surface area is 219 Å². The summed E-state index contributed by atoms with van der Waals surface area (Å²) in [6, 6.07) is 23.3. The number of rotatable bonds is 7. The lowest BCUT2D eigenvalue weighted by molar-refractivity contribution is -0.133. The van der Waals surface area contributed by atoms with Crippen LogP contribution in [-0.2, 0) is 11.2 Å². The molecule has 1 N–H and O–H groups in total. The zero-order valence-corrected chi connectivity index (χ0v) is 21.9. The second-order valence-electron chi connectivity index (χ2n) is 9.58. The minimum Gasteiger partial charge on any atom is -0.493 e. The van der Waals surface area contributed by atoms with Crippen molar-refractivity contribution in [2.75, 3.05) is 39.2 Å². The Morgan fingerprint density at radius 1 is 0.892 bits per heavy atom. The van der Waals surface area contributed by atoms with Crippen molar-refractivity contribution in [1.29, 1.82) is 0 Å². The van der Waals surface area contributed by atoms with Crippen LogP contribution >= 0.6 is 0 Å². The first-order chi connectivity index (χ1) is 17.9. The Kier molecular flexibility index (Phi) is 8.33. The second-order valence-corrected chi connectivity index (χ2v) is 9.58. The molecule has 1 fully saturated rings. The van der Waals surface area contributed by atoms with Crippen LogP contribution in [0.2, 0.25) is 0 Å². The summed E-state index contributed by atoms with van der Waals surface area (Å²) in [5.74, 6) is 1.47. The highest BCUT2D eigenvalue weighted by Crippen LogP contribution is 2.28. The highest BCUT2D eigenvalue weighted by Gasteiger charge is 2.34. The van der Waals surface area contributed by atoms with E-state index in [1.807, 2.05) is 70.5 Å². The molecule has 0 saturated carbocycles. The molecule has 37 heavy (non-hydrogen) atoms. The van der Waals surface area contributed by atoms with Crippen molar-refractivity contribution in [3.05, 3.63) is 78.4 Å². The number of hydrogen-bond donors (Lipinski definition) is 1. The van der Waals surface area contributed by atoms with E-state index in [1.54, 1.807) is 14.2 Å². The van der Waals surface area contributed by atoms with Crippen LogP contribution < -0.4 is 14.8 Å². The molecule has 1 unspecified atom stereocenters. The molecule has 3 amide bonds. The van der Waals surface area contributed by atoms with Crippen molar-refractivity contribution in [3.63, 3.8) is 0 Å². The Balaban J connectivity index is 1.38. The van der Waals surface area contributed by atoms with Crippen LogP contribution in [0.3, 0.4) is 0 Å². The van der Waals surface area contributed by atoms with Crippen LogP contribution in [0.15, 0.2) is 72.8 Å². The Bertz CT molecular complexity index is 1210. The Morgan fingerprint density at radius 2 is 1.57 bits per heavy atom. The van der Waals surface area contributed by atoms with E-state index in [9.17, 15) is 9.59 Å². The standard InChI is InChI=1S/C30H35N3O4/c1-21(2)26-20-32(29(34)19-22-10-15-27(36-3)28(18-22)37-4)16-17-33(26)30(35)31-25-13-11-24(12-14-25)23-8-6-5-7-9-23/h5-15,18,21,26H,16-17,19-20H2,1-4H3,(H,31,35). The minimum atomic E-state index is -0.141. The predicted molar refractivity (Wildman–Crippen MR) is 146 cm³/mol. The molecule has 7 nitrogen and oxygen atoms in total. The summed E-state index contributed by atoms with van der Waals surface area (Å²) in [6.45, 7) is 5.65. The van der Waals surface area contributed by atoms with E-state index < -0.39 is 0 Å². The van der Waals surface area contributed by atoms with Crippen molar-refractivity contribution in [1.82, 2.24) is 9.80 Å². The first-order valence-electron chi connectivity index (χ1n) is 12.6. The topological polar surface area (TPSA) is 71.1 Å². The first-order valence-corrected chi connectivity index (χ1v) is 12.6. The number of carbonyl (C=O) groups excluding carboxylic acids is 2. The highest BCUT2D eigenvalue weighted by atomic mass is 16.5. The lowest BCUT2D eigenvalue weighted by atomic mass is 9.99. The molecule has 3 aromatic rings. The third-order valence-corrected chi connectivity index (χ3v) is 6.85. The molecule has 1 aliphatic rings. The monoisotopic (exact) mass is 501 g/mol. The van der Waals surface area contributed by atoms with E-state index in [0.29, 0.717) is 31.1 Å². The van der Waals surface area contributed by atoms with E-state index in [4.69, 9.17) is 9.47 Å². The zero-order valence-electron chi connectivity index (χ0n) is 21.9. The number of methoxy groups -OCH3 is 2. The lowest BCUT2D eigenvalue weighted by Crippen LogP contribution is -2.59. The Hall–Kier alpha value is -4.00. The van der Waals surface area contributed by atoms with Crippen LogP contribution in [-0.4, -0.2) is 61.6 Å². The fourth-order valence-corrected chi connectivity index (χ4v) is 4.71. The van der Waals surface area contributed by atoms with Gasteiger partial charge in [-0.2, -0.15) is 0 Å². The molecule has 0 aliphatic carbocycles. The predicted octanol–water partition coefficient (Wildman–Crippen LogP) is 5.31. The van der Waals surface area contributed by atoms with E-state index in [1.165, 1.54) is 0 Å². The maximum atomic E-state index is 13.2. The van der Waals surface area contributed by atoms with E-state index >= 15 is 0 Å². The third-order valence-electron chi connectivity index (χ3n) is 6.85. The normalized spacial score (nSPS) is 15.4. The Morgan fingerprint density at radius 3 is 2.22 bits per heavy atom. The molecule has 194 valence electrons. The van der Waals surface area contributed by atoms with Gasteiger partial charge in [0.25, 0.3) is 0 Å². The number of hydrogen-bond acceptors (Lipinski definition) is 4. The zero-order chi connectivity index (χ0) is 26.4. The number of anilines is 1. The van der Waals surface area contributed by atoms with Gasteiger partial charge >= 0.3 is 6.03 Å². The number of piperazine rings is 1. The number of benzene rings is 3. The molecule has 1 aliphatic heterocycles. The summed E-state index contributed by atoms with van der Waals surface area (Å²) in [4.78, 5) is 30.1. The van der Waals surface area contributed by atoms with Crippen LogP contribution in [0.5, 0.6) is 11.5 Å². The van der Waals surface area contributed by atoms with Gasteiger partial charge in [0.1, 0.15) is 0 Å². The van der Waals surface area contributed by atoms with Crippen molar-refractivity contribution in [2.45, 2.75) is 26.3 Å². The molecular formula is C30H35N3O4. The van der Waals surface area contributed by atoms with Crippen molar-refractivity contribution >= 4 is 17.6 Å². The van der Waals surface area contributed by atoms with Crippen molar-refractivity contribution < 1.29 is 19.1 Å². The van der Waals surface area contributed by atoms with Gasteiger partial charge in [-0.1, -0.05) is 62.4 Å². The largest absolute Gasteiger partial charge is 0.493 e. The summed E-state index contributed by atoms with van der Waals surface area (Å²) >= 11 is 0. The molecule has 4 rings (SSSR count). The van der Waals surface area contributed by atoms with Crippen LogP contribution in [0.1, 0.15) is 19.4 Å². The fraction of sp³-hybridized carbons (Fsp3) is 0.333. The van der Waals surface area contributed by atoms with Gasteiger partial charge < -0.3 is 24.6 Å². The summed E-state index contributed by atoms with van der Waals surface area (Å²) in [6.07, 6.45) is 0.269. The summed E-state index contributed by atoms with van der Waals surface area (Å²) in [5, 5.41) is 3.04. The van der Waals surface area contributed by atoms with Crippen molar-refractivity contribution in [3.8, 4) is 22.6 Å². The van der Waals surface area contributed by atoms with Gasteiger partial charge in [0.2, 0.25) is 5.91 Å². The summed E-state index contributed by atoms with van der Waals surface area (Å²) in [7, 11) is 3.17. The SMILES string of the molecule is COc1ccc(CC(=O)N2CCN(C(=O)Nc3ccc(-c4ccccc4)cc3)C(C(C)C)C2)cc1OC. The fourth-order valence-electron chi connectivity index (χ4n) is 4.71. The average Bonchev–Trinajstić information content (AvgIpc) is 2.93. The summed E-state index contributed by atoms with van der Waals surface area (Å²) < 4.78 is 10.7. The van der Waals surface area contributed by atoms with Gasteiger partial charge in [-0.15, -0.1) is 0 Å². The third kappa shape index (κ3) is 6.23. The molecule has 7 heteroatoms. The first kappa shape index (κ1) is 26.1. The molecule has 1 atom stereocenters. The van der Waals surface area contributed by atoms with E-state index in [0.717, 1.165) is 22.4 Å². The maximum Gasteiger partial charge on any atom is 0.322 e. The maximum absolute atomic E-state index is 13.2. The van der Waals surface area contributed by atoms with Crippen LogP contribution in [0, 0.1) is 5.92 Å². The van der Waals surface area contributed by atoms with Crippen LogP contribution in [0.4, 0.5) is 10.5 Å². The molecule has 0 bridgehead atoms. The van der Waals surface area contributed by atoms with Gasteiger partial charge in [-0.05, 0) is 46.9 Å². The number of nitrogens with one attached hydrogen (secondary N) is 1. The van der Waals surface area contributed by atoms with Gasteiger partial charge in [0.15, 0.2) is 11.5 Å². The van der Waals surface area contributed by atoms with Gasteiger partial charge in [-0.25, -0.2) is 4.79 Å². The molecule has 3 aromatic carbocycles. The number of carbonyl (C=O) groups is 2. The number of nitrogens with zero attached hydrogens (tertiary/aromatic N) is 2. The van der Waals surface area contributed by atoms with Gasteiger partial charge in [-0.3, -0.25) is 4.79 Å². The number of urea groups is 1. The van der Waals surface area contributed by atoms with Gasteiger partial charge in [0, 0.05) is 25.3 Å². The molecule has 1 saturated heterocycles. The average molecular weight is 502 g/mol. The van der Waals surface area contributed by atoms with Crippen molar-refractivity contribution in [2.24, 2.45) is 5.92 Å². The van der Waals surface area contributed by atoms with Crippen LogP contribution in [0.25, 0.3) is 11.1 Å². The molecule has 0 spiro atoms. The molecule has 1 heterocycles. The second kappa shape index (κ2) is 11.8.